The zero-order chi connectivity index (χ0) is 12.7. The van der Waals surface area contributed by atoms with Gasteiger partial charge in [-0.2, -0.15) is 10.2 Å². The van der Waals surface area contributed by atoms with Crippen molar-refractivity contribution in [3.05, 3.63) is 5.69 Å². The van der Waals surface area contributed by atoms with E-state index in [0.29, 0.717) is 5.82 Å². The van der Waals surface area contributed by atoms with Crippen LogP contribution in [0.5, 0.6) is 0 Å². The summed E-state index contributed by atoms with van der Waals surface area (Å²) in [5.41, 5.74) is 1.61. The Morgan fingerprint density at radius 2 is 2.32 bits per heavy atom. The number of halogens is 1. The Morgan fingerprint density at radius 3 is 3.00 bits per heavy atom. The molecule has 0 bridgehead atoms. The molecule has 1 fully saturated rings. The number of hydrogen-bond acceptors (Lipinski definition) is 4. The number of rotatable bonds is 2. The number of nitrogens with one attached hydrogen (secondary N) is 3. The summed E-state index contributed by atoms with van der Waals surface area (Å²) in [4.78, 5) is 12.0. The molecular weight excluding hydrogens is 268 g/mol. The van der Waals surface area contributed by atoms with Crippen LogP contribution >= 0.6 is 12.4 Å². The van der Waals surface area contributed by atoms with Crippen LogP contribution in [0.25, 0.3) is 11.0 Å². The number of carbonyl (C=O) groups is 1. The molecule has 0 saturated carbocycles. The average molecular weight is 285 g/mol. The second-order valence-corrected chi connectivity index (χ2v) is 4.64. The molecular formula is C11H17ClN6O. The van der Waals surface area contributed by atoms with E-state index in [0.717, 1.165) is 36.1 Å². The van der Waals surface area contributed by atoms with E-state index >= 15 is 0 Å². The van der Waals surface area contributed by atoms with Gasteiger partial charge in [0, 0.05) is 7.05 Å². The SMILES string of the molecule is Cc1nn(C)c2n[nH]c(NC(=O)C3CCCN3)c12.Cl. The molecule has 0 aromatic carbocycles. The predicted octanol–water partition coefficient (Wildman–Crippen LogP) is 0.717. The highest BCUT2D eigenvalue weighted by Crippen LogP contribution is 2.23. The van der Waals surface area contributed by atoms with Crippen LogP contribution in [-0.4, -0.2) is 38.5 Å². The molecule has 0 spiro atoms. The molecule has 2 aromatic heterocycles. The summed E-state index contributed by atoms with van der Waals surface area (Å²) in [5, 5.41) is 18.2. The molecule has 7 nitrogen and oxygen atoms in total. The van der Waals surface area contributed by atoms with Crippen LogP contribution in [0.1, 0.15) is 18.5 Å². The van der Waals surface area contributed by atoms with Crippen LogP contribution in [0.2, 0.25) is 0 Å². The lowest BCUT2D eigenvalue weighted by Crippen LogP contribution is -2.35. The molecule has 19 heavy (non-hydrogen) atoms. The van der Waals surface area contributed by atoms with Gasteiger partial charge < -0.3 is 10.6 Å². The summed E-state index contributed by atoms with van der Waals surface area (Å²) < 4.78 is 1.70. The van der Waals surface area contributed by atoms with E-state index in [9.17, 15) is 4.79 Å². The Morgan fingerprint density at radius 1 is 1.53 bits per heavy atom. The molecule has 3 heterocycles. The van der Waals surface area contributed by atoms with Gasteiger partial charge in [-0.3, -0.25) is 9.89 Å². The first-order valence-electron chi connectivity index (χ1n) is 6.08. The maximum atomic E-state index is 12.0. The Kier molecular flexibility index (Phi) is 3.77. The maximum Gasteiger partial charge on any atom is 0.242 e. The van der Waals surface area contributed by atoms with E-state index < -0.39 is 0 Å². The van der Waals surface area contributed by atoms with Crippen LogP contribution in [-0.2, 0) is 11.8 Å². The van der Waals surface area contributed by atoms with Gasteiger partial charge in [-0.05, 0) is 26.3 Å². The summed E-state index contributed by atoms with van der Waals surface area (Å²) in [5.74, 6) is 0.621. The molecule has 0 aliphatic carbocycles. The largest absolute Gasteiger partial charge is 0.309 e. The van der Waals surface area contributed by atoms with Gasteiger partial charge in [0.1, 0.15) is 5.82 Å². The van der Waals surface area contributed by atoms with Gasteiger partial charge in [0.15, 0.2) is 5.65 Å². The zero-order valence-corrected chi connectivity index (χ0v) is 11.7. The fourth-order valence-corrected chi connectivity index (χ4v) is 2.44. The first kappa shape index (κ1) is 13.8. The summed E-state index contributed by atoms with van der Waals surface area (Å²) in [7, 11) is 1.83. The van der Waals surface area contributed by atoms with Crippen molar-refractivity contribution in [1.29, 1.82) is 0 Å². The molecule has 104 valence electrons. The van der Waals surface area contributed by atoms with E-state index in [1.54, 1.807) is 4.68 Å². The lowest BCUT2D eigenvalue weighted by Gasteiger charge is -2.09. The Balaban J connectivity index is 0.00000133. The number of hydrogen-bond donors (Lipinski definition) is 3. The van der Waals surface area contributed by atoms with Crippen LogP contribution in [0, 0.1) is 6.92 Å². The third-order valence-electron chi connectivity index (χ3n) is 3.34. The van der Waals surface area contributed by atoms with Crippen molar-refractivity contribution in [2.24, 2.45) is 7.05 Å². The second kappa shape index (κ2) is 5.18. The van der Waals surface area contributed by atoms with Gasteiger partial charge in [-0.25, -0.2) is 4.68 Å². The van der Waals surface area contributed by atoms with Gasteiger partial charge in [0.25, 0.3) is 0 Å². The quantitative estimate of drug-likeness (QED) is 0.758. The molecule has 3 rings (SSSR count). The first-order chi connectivity index (χ1) is 8.66. The molecule has 1 amide bonds. The number of amides is 1. The normalized spacial score (nSPS) is 18.5. The molecule has 3 N–H and O–H groups in total. The Hall–Kier alpha value is -1.60. The van der Waals surface area contributed by atoms with Crippen LogP contribution in [0.15, 0.2) is 0 Å². The number of nitrogens with zero attached hydrogens (tertiary/aromatic N) is 3. The first-order valence-corrected chi connectivity index (χ1v) is 6.08. The highest BCUT2D eigenvalue weighted by molar-refractivity contribution is 6.01. The minimum Gasteiger partial charge on any atom is -0.309 e. The number of aromatic amines is 1. The van der Waals surface area contributed by atoms with E-state index in [1.165, 1.54) is 0 Å². The fourth-order valence-electron chi connectivity index (χ4n) is 2.44. The van der Waals surface area contributed by atoms with Gasteiger partial charge >= 0.3 is 0 Å². The van der Waals surface area contributed by atoms with Gasteiger partial charge in [0.2, 0.25) is 5.91 Å². The van der Waals surface area contributed by atoms with Gasteiger partial charge in [-0.1, -0.05) is 0 Å². The van der Waals surface area contributed by atoms with Crippen molar-refractivity contribution in [2.75, 3.05) is 11.9 Å². The summed E-state index contributed by atoms with van der Waals surface area (Å²) in [6, 6.07) is -0.0969. The van der Waals surface area contributed by atoms with Gasteiger partial charge in [-0.15, -0.1) is 12.4 Å². The number of carbonyl (C=O) groups excluding carboxylic acids is 1. The average Bonchev–Trinajstić information content (AvgIpc) is 3.01. The topological polar surface area (TPSA) is 87.6 Å². The lowest BCUT2D eigenvalue weighted by atomic mass is 10.2. The van der Waals surface area contributed by atoms with Crippen molar-refractivity contribution in [1.82, 2.24) is 25.3 Å². The minimum atomic E-state index is -0.0969. The summed E-state index contributed by atoms with van der Waals surface area (Å²) in [6.07, 6.45) is 1.93. The molecule has 1 unspecified atom stereocenters. The molecule has 1 aliphatic rings. The number of aromatic nitrogens is 4. The second-order valence-electron chi connectivity index (χ2n) is 4.64. The van der Waals surface area contributed by atoms with Crippen LogP contribution < -0.4 is 10.6 Å². The highest BCUT2D eigenvalue weighted by atomic mass is 35.5. The van der Waals surface area contributed by atoms with E-state index in [4.69, 9.17) is 0 Å². The van der Waals surface area contributed by atoms with Crippen molar-refractivity contribution in [3.8, 4) is 0 Å². The van der Waals surface area contributed by atoms with Gasteiger partial charge in [0.05, 0.1) is 17.1 Å². The third-order valence-corrected chi connectivity index (χ3v) is 3.34. The molecule has 0 radical (unpaired) electrons. The maximum absolute atomic E-state index is 12.0. The minimum absolute atomic E-state index is 0. The van der Waals surface area contributed by atoms with Crippen molar-refractivity contribution in [3.63, 3.8) is 0 Å². The number of aryl methyl sites for hydroxylation is 2. The smallest absolute Gasteiger partial charge is 0.242 e. The van der Waals surface area contributed by atoms with Crippen LogP contribution in [0.4, 0.5) is 5.82 Å². The Labute approximate surface area is 116 Å². The molecule has 2 aromatic rings. The summed E-state index contributed by atoms with van der Waals surface area (Å²) in [6.45, 7) is 2.81. The monoisotopic (exact) mass is 284 g/mol. The number of fused-ring (bicyclic) bond motifs is 1. The zero-order valence-electron chi connectivity index (χ0n) is 10.9. The molecule has 8 heteroatoms. The van der Waals surface area contributed by atoms with E-state index in [1.807, 2.05) is 14.0 Å². The van der Waals surface area contributed by atoms with Crippen molar-refractivity contribution >= 4 is 35.2 Å². The van der Waals surface area contributed by atoms with Crippen molar-refractivity contribution < 1.29 is 4.79 Å². The predicted molar refractivity (Wildman–Crippen MR) is 74.5 cm³/mol. The van der Waals surface area contributed by atoms with E-state index in [2.05, 4.69) is 25.9 Å². The lowest BCUT2D eigenvalue weighted by molar-refractivity contribution is -0.117. The van der Waals surface area contributed by atoms with E-state index in [-0.39, 0.29) is 24.4 Å². The number of anilines is 1. The standard InChI is InChI=1S/C11H16N6O.ClH/c1-6-8-9(14-15-10(8)17(2)16-6)13-11(18)7-4-3-5-12-7;/h7,12H,3-5H2,1-2H3,(H2,13,14,15,18);1H. The number of H-pyrrole nitrogens is 1. The highest BCUT2D eigenvalue weighted by Gasteiger charge is 2.24. The summed E-state index contributed by atoms with van der Waals surface area (Å²) >= 11 is 0. The Bertz CT molecular complexity index is 598. The molecule has 1 atom stereocenters. The van der Waals surface area contributed by atoms with Crippen LogP contribution in [0.3, 0.4) is 0 Å². The molecule has 1 saturated heterocycles. The van der Waals surface area contributed by atoms with Crippen molar-refractivity contribution in [2.45, 2.75) is 25.8 Å². The molecule has 1 aliphatic heterocycles. The third kappa shape index (κ3) is 2.31. The fraction of sp³-hybridized carbons (Fsp3) is 0.545.